The van der Waals surface area contributed by atoms with E-state index in [1.165, 1.54) is 0 Å². The molecule has 3 fully saturated rings. The van der Waals surface area contributed by atoms with Gasteiger partial charge in [-0.25, -0.2) is 9.59 Å². The van der Waals surface area contributed by atoms with E-state index < -0.39 is 12.1 Å². The van der Waals surface area contributed by atoms with Gasteiger partial charge in [0.05, 0.1) is 70.1 Å². The maximum atomic E-state index is 13.4. The van der Waals surface area contributed by atoms with E-state index in [0.717, 1.165) is 150 Å². The van der Waals surface area contributed by atoms with Gasteiger partial charge < -0.3 is 42.6 Å². The van der Waals surface area contributed by atoms with Gasteiger partial charge in [0, 0.05) is 37.1 Å². The lowest BCUT2D eigenvalue weighted by atomic mass is 9.84. The molecule has 2 saturated heterocycles. The number of benzene rings is 4. The third-order valence-electron chi connectivity index (χ3n) is 13.5. The fourth-order valence-corrected chi connectivity index (χ4v) is 8.84. The highest BCUT2D eigenvalue weighted by molar-refractivity contribution is 5.96. The van der Waals surface area contributed by atoms with Gasteiger partial charge in [0.25, 0.3) is 0 Å². The average Bonchev–Trinajstić information content (AvgIpc) is 3.29. The molecule has 0 spiro atoms. The molecule has 0 bridgehead atoms. The van der Waals surface area contributed by atoms with Gasteiger partial charge in [-0.3, -0.25) is 0 Å². The van der Waals surface area contributed by atoms with E-state index in [-0.39, 0.29) is 29.0 Å². The molecule has 0 radical (unpaired) electrons. The summed E-state index contributed by atoms with van der Waals surface area (Å²) in [5, 5.41) is 3.86. The molecule has 3 aliphatic rings. The number of hydrogen-bond donors (Lipinski definition) is 0. The van der Waals surface area contributed by atoms with Crippen LogP contribution in [0, 0.1) is 10.8 Å². The van der Waals surface area contributed by atoms with Crippen LogP contribution in [0.2, 0.25) is 0 Å². The van der Waals surface area contributed by atoms with E-state index >= 15 is 0 Å². The number of hydrogen-bond acceptors (Lipinski definition) is 11. The maximum Gasteiger partial charge on any atom is 0.338 e. The molecule has 354 valence electrons. The Hall–Kier alpha value is -4.26. The van der Waals surface area contributed by atoms with Crippen molar-refractivity contribution in [3.05, 3.63) is 83.9 Å². The summed E-state index contributed by atoms with van der Waals surface area (Å²) in [5.41, 5.74) is 1.47. The Bertz CT molecular complexity index is 2100. The monoisotopic (exact) mass is 897 g/mol. The van der Waals surface area contributed by atoms with E-state index in [2.05, 4.69) is 13.8 Å². The highest BCUT2D eigenvalue weighted by Crippen LogP contribution is 2.33. The molecule has 4 aromatic rings. The number of unbranched alkanes of at least 4 members (excludes halogenated alkanes) is 6. The summed E-state index contributed by atoms with van der Waals surface area (Å²) in [6.45, 7) is 14.6. The van der Waals surface area contributed by atoms with Gasteiger partial charge in [-0.1, -0.05) is 51.0 Å². The SMILES string of the molecule is CCO[C@H]1C[C@@H](OC(=O)c2ccc3cc(OCCCCCCOCC4(CC)COC4)ccc3c2)CC[C@@H]1OC(=O)c1ccc2cc(OCCCCCCOCC3(CC)COC3)ccc2c1. The minimum Gasteiger partial charge on any atom is -0.494 e. The summed E-state index contributed by atoms with van der Waals surface area (Å²) in [7, 11) is 0. The summed E-state index contributed by atoms with van der Waals surface area (Å²) in [6, 6.07) is 23.1. The van der Waals surface area contributed by atoms with Crippen molar-refractivity contribution in [2.24, 2.45) is 10.8 Å². The first-order chi connectivity index (χ1) is 31.8. The highest BCUT2D eigenvalue weighted by atomic mass is 16.6. The fourth-order valence-electron chi connectivity index (χ4n) is 8.84. The molecule has 1 aliphatic carbocycles. The second-order valence-corrected chi connectivity index (χ2v) is 18.5. The van der Waals surface area contributed by atoms with E-state index in [1.807, 2.05) is 67.6 Å². The van der Waals surface area contributed by atoms with Crippen molar-refractivity contribution in [3.63, 3.8) is 0 Å². The van der Waals surface area contributed by atoms with Crippen LogP contribution in [0.5, 0.6) is 11.5 Å². The molecule has 0 N–H and O–H groups in total. The molecule has 4 aromatic carbocycles. The molecule has 7 rings (SSSR count). The first-order valence-corrected chi connectivity index (χ1v) is 24.5. The maximum absolute atomic E-state index is 13.4. The van der Waals surface area contributed by atoms with Gasteiger partial charge in [0.1, 0.15) is 23.7 Å². The third kappa shape index (κ3) is 13.9. The molecular weight excluding hydrogens is 825 g/mol. The minimum atomic E-state index is -0.449. The molecule has 1 saturated carbocycles. The summed E-state index contributed by atoms with van der Waals surface area (Å²) >= 11 is 0. The average molecular weight is 897 g/mol. The van der Waals surface area contributed by atoms with Gasteiger partial charge in [-0.2, -0.15) is 0 Å². The Kier molecular flexibility index (Phi) is 18.3. The van der Waals surface area contributed by atoms with Crippen molar-refractivity contribution < 1.29 is 52.2 Å². The predicted molar refractivity (Wildman–Crippen MR) is 252 cm³/mol. The second-order valence-electron chi connectivity index (χ2n) is 18.5. The molecule has 2 aliphatic heterocycles. The number of carbonyl (C=O) groups is 2. The predicted octanol–water partition coefficient (Wildman–Crippen LogP) is 11.1. The van der Waals surface area contributed by atoms with Crippen LogP contribution in [0.25, 0.3) is 21.5 Å². The van der Waals surface area contributed by atoms with Gasteiger partial charge in [0.2, 0.25) is 0 Å². The van der Waals surface area contributed by atoms with Crippen LogP contribution in [0.1, 0.15) is 125 Å². The molecule has 0 aromatic heterocycles. The van der Waals surface area contributed by atoms with Crippen LogP contribution in [0.3, 0.4) is 0 Å². The van der Waals surface area contributed by atoms with Gasteiger partial charge in [-0.05, 0) is 141 Å². The van der Waals surface area contributed by atoms with Crippen LogP contribution in [0.4, 0.5) is 0 Å². The second kappa shape index (κ2) is 24.5. The molecule has 3 atom stereocenters. The first kappa shape index (κ1) is 48.7. The molecule has 0 unspecified atom stereocenters. The molecular formula is C54H72O11. The zero-order chi connectivity index (χ0) is 45.3. The van der Waals surface area contributed by atoms with Crippen molar-refractivity contribution in [1.82, 2.24) is 0 Å². The van der Waals surface area contributed by atoms with Crippen LogP contribution in [-0.4, -0.2) is 103 Å². The van der Waals surface area contributed by atoms with Crippen LogP contribution in [0.15, 0.2) is 72.8 Å². The van der Waals surface area contributed by atoms with Crippen LogP contribution >= 0.6 is 0 Å². The Morgan fingerprint density at radius 3 is 1.46 bits per heavy atom. The van der Waals surface area contributed by atoms with Crippen LogP contribution < -0.4 is 9.47 Å². The fraction of sp³-hybridized carbons (Fsp3) is 0.593. The Balaban J connectivity index is 0.792. The number of fused-ring (bicyclic) bond motifs is 2. The summed E-state index contributed by atoms with van der Waals surface area (Å²) in [5.74, 6) is 0.859. The van der Waals surface area contributed by atoms with Crippen molar-refractivity contribution >= 4 is 33.5 Å². The highest BCUT2D eigenvalue weighted by Gasteiger charge is 2.38. The lowest BCUT2D eigenvalue weighted by molar-refractivity contribution is -0.150. The molecule has 2 heterocycles. The van der Waals surface area contributed by atoms with E-state index in [4.69, 9.17) is 42.6 Å². The summed E-state index contributed by atoms with van der Waals surface area (Å²) < 4.78 is 52.8. The van der Waals surface area contributed by atoms with E-state index in [1.54, 1.807) is 12.1 Å². The van der Waals surface area contributed by atoms with Crippen molar-refractivity contribution in [2.45, 2.75) is 123 Å². The molecule has 0 amide bonds. The largest absolute Gasteiger partial charge is 0.494 e. The number of esters is 2. The zero-order valence-electron chi connectivity index (χ0n) is 39.1. The Morgan fingerprint density at radius 1 is 0.538 bits per heavy atom. The lowest BCUT2D eigenvalue weighted by Crippen LogP contribution is -2.45. The summed E-state index contributed by atoms with van der Waals surface area (Å²) in [4.78, 5) is 26.8. The summed E-state index contributed by atoms with van der Waals surface area (Å²) in [6.07, 6.45) is 11.1. The number of ether oxygens (including phenoxy) is 9. The van der Waals surface area contributed by atoms with Crippen LogP contribution in [-0.2, 0) is 33.2 Å². The molecule has 11 nitrogen and oxygen atoms in total. The molecule has 65 heavy (non-hydrogen) atoms. The van der Waals surface area contributed by atoms with E-state index in [9.17, 15) is 9.59 Å². The van der Waals surface area contributed by atoms with Crippen molar-refractivity contribution in [1.29, 1.82) is 0 Å². The number of carbonyl (C=O) groups excluding carboxylic acids is 2. The Labute approximate surface area is 386 Å². The topological polar surface area (TPSA) is 117 Å². The quantitative estimate of drug-likeness (QED) is 0.0401. The van der Waals surface area contributed by atoms with Gasteiger partial charge in [-0.15, -0.1) is 0 Å². The van der Waals surface area contributed by atoms with Crippen molar-refractivity contribution in [2.75, 3.05) is 72.7 Å². The lowest BCUT2D eigenvalue weighted by Gasteiger charge is -2.40. The van der Waals surface area contributed by atoms with Gasteiger partial charge >= 0.3 is 11.9 Å². The van der Waals surface area contributed by atoms with E-state index in [0.29, 0.717) is 50.2 Å². The normalized spacial score (nSPS) is 19.9. The zero-order valence-corrected chi connectivity index (χ0v) is 39.1. The van der Waals surface area contributed by atoms with Gasteiger partial charge in [0.15, 0.2) is 0 Å². The minimum absolute atomic E-state index is 0.249. The third-order valence-corrected chi connectivity index (χ3v) is 13.5. The standard InChI is InChI=1S/C54H72O11/c1-4-53(36-59-37-53)34-57-25-11-7-9-13-27-62-46-21-19-40-29-44(17-15-42(40)31-46)51(55)64-48-23-24-49(50(33-48)61-6-3)65-52(56)45-18-16-43-32-47(22-20-41(43)30-45)63-28-14-10-8-12-26-58-35-54(5-2)38-60-39-54/h15-22,29-32,48-50H,4-14,23-28,33-39H2,1-3H3/t48-,49-,50-/m0/s1. The van der Waals surface area contributed by atoms with Crippen molar-refractivity contribution in [3.8, 4) is 11.5 Å². The molecule has 11 heteroatoms. The Morgan fingerprint density at radius 2 is 1.00 bits per heavy atom. The first-order valence-electron chi connectivity index (χ1n) is 24.5. The smallest absolute Gasteiger partial charge is 0.338 e. The number of rotatable bonds is 28.